The van der Waals surface area contributed by atoms with Gasteiger partial charge in [-0.05, 0) is 32.4 Å². The third-order valence-electron chi connectivity index (χ3n) is 2.47. The van der Waals surface area contributed by atoms with Crippen LogP contribution in [0.2, 0.25) is 0 Å². The summed E-state index contributed by atoms with van der Waals surface area (Å²) >= 11 is 0. The van der Waals surface area contributed by atoms with Gasteiger partial charge >= 0.3 is 0 Å². The monoisotopic (exact) mass is 201 g/mol. The maximum atomic E-state index is 4.26. The molecule has 1 atom stereocenters. The van der Waals surface area contributed by atoms with Crippen molar-refractivity contribution < 1.29 is 0 Å². The molecule has 0 bridgehead atoms. The Balaban J connectivity index is 0.000000845. The van der Waals surface area contributed by atoms with Crippen molar-refractivity contribution in [3.63, 3.8) is 0 Å². The number of rotatable bonds is 2. The number of nitrogens with zero attached hydrogens (tertiary/aromatic N) is 2. The molecular formula is C9H16ClN3. The third-order valence-corrected chi connectivity index (χ3v) is 2.47. The molecule has 13 heavy (non-hydrogen) atoms. The SMILES string of the molecule is CCn1nccc1C1CCCN1.Cl. The molecule has 0 aliphatic carbocycles. The Hall–Kier alpha value is -0.540. The Bertz CT molecular complexity index is 253. The first kappa shape index (κ1) is 10.5. The fourth-order valence-electron chi connectivity index (χ4n) is 1.84. The summed E-state index contributed by atoms with van der Waals surface area (Å²) in [6.45, 7) is 4.26. The maximum absolute atomic E-state index is 4.26. The van der Waals surface area contributed by atoms with Gasteiger partial charge in [-0.15, -0.1) is 12.4 Å². The highest BCUT2D eigenvalue weighted by atomic mass is 35.5. The predicted octanol–water partition coefficient (Wildman–Crippen LogP) is 1.75. The van der Waals surface area contributed by atoms with E-state index in [2.05, 4.69) is 28.1 Å². The zero-order valence-electron chi connectivity index (χ0n) is 7.86. The molecule has 1 unspecified atom stereocenters. The number of aromatic nitrogens is 2. The molecule has 0 amide bonds. The highest BCUT2D eigenvalue weighted by Gasteiger charge is 2.18. The molecule has 2 heterocycles. The molecule has 74 valence electrons. The minimum absolute atomic E-state index is 0. The molecule has 1 fully saturated rings. The Morgan fingerprint density at radius 1 is 1.69 bits per heavy atom. The summed E-state index contributed by atoms with van der Waals surface area (Å²) in [6, 6.07) is 2.67. The van der Waals surface area contributed by atoms with Gasteiger partial charge in [0.15, 0.2) is 0 Å². The lowest BCUT2D eigenvalue weighted by molar-refractivity contribution is 0.540. The van der Waals surface area contributed by atoms with Crippen molar-refractivity contribution in [1.29, 1.82) is 0 Å². The molecule has 2 rings (SSSR count). The van der Waals surface area contributed by atoms with Gasteiger partial charge < -0.3 is 5.32 Å². The number of hydrogen-bond acceptors (Lipinski definition) is 2. The van der Waals surface area contributed by atoms with Crippen LogP contribution in [0.3, 0.4) is 0 Å². The van der Waals surface area contributed by atoms with Crippen LogP contribution in [0.5, 0.6) is 0 Å². The van der Waals surface area contributed by atoms with Crippen molar-refractivity contribution in [1.82, 2.24) is 15.1 Å². The minimum atomic E-state index is 0. The quantitative estimate of drug-likeness (QED) is 0.790. The van der Waals surface area contributed by atoms with Gasteiger partial charge in [-0.25, -0.2) is 0 Å². The predicted molar refractivity (Wildman–Crippen MR) is 55.1 cm³/mol. The molecule has 1 aromatic rings. The van der Waals surface area contributed by atoms with Gasteiger partial charge in [0.2, 0.25) is 0 Å². The van der Waals surface area contributed by atoms with Crippen molar-refractivity contribution >= 4 is 12.4 Å². The summed E-state index contributed by atoms with van der Waals surface area (Å²) in [5, 5.41) is 7.73. The Morgan fingerprint density at radius 2 is 2.54 bits per heavy atom. The van der Waals surface area contributed by atoms with E-state index >= 15 is 0 Å². The molecule has 0 spiro atoms. The number of aryl methyl sites for hydroxylation is 1. The number of halogens is 1. The van der Waals surface area contributed by atoms with E-state index < -0.39 is 0 Å². The minimum Gasteiger partial charge on any atom is -0.309 e. The lowest BCUT2D eigenvalue weighted by atomic mass is 10.1. The second-order valence-corrected chi connectivity index (χ2v) is 3.22. The van der Waals surface area contributed by atoms with E-state index in [9.17, 15) is 0 Å². The van der Waals surface area contributed by atoms with Gasteiger partial charge in [-0.2, -0.15) is 5.10 Å². The third kappa shape index (κ3) is 2.03. The largest absolute Gasteiger partial charge is 0.309 e. The van der Waals surface area contributed by atoms with Crippen molar-refractivity contribution in [2.45, 2.75) is 32.4 Å². The lowest BCUT2D eigenvalue weighted by Crippen LogP contribution is -2.17. The maximum Gasteiger partial charge on any atom is 0.0553 e. The molecule has 0 aromatic carbocycles. The summed E-state index contributed by atoms with van der Waals surface area (Å²) in [5.74, 6) is 0. The lowest BCUT2D eigenvalue weighted by Gasteiger charge is -2.11. The summed E-state index contributed by atoms with van der Waals surface area (Å²) < 4.78 is 2.07. The van der Waals surface area contributed by atoms with Gasteiger partial charge in [-0.1, -0.05) is 0 Å². The topological polar surface area (TPSA) is 29.9 Å². The van der Waals surface area contributed by atoms with Crippen molar-refractivity contribution in [3.8, 4) is 0 Å². The first-order chi connectivity index (χ1) is 5.92. The van der Waals surface area contributed by atoms with Crippen LogP contribution in [-0.2, 0) is 6.54 Å². The van der Waals surface area contributed by atoms with Crippen LogP contribution < -0.4 is 5.32 Å². The average Bonchev–Trinajstić information content (AvgIpc) is 2.74. The number of nitrogens with one attached hydrogen (secondary N) is 1. The van der Waals surface area contributed by atoms with Crippen LogP contribution in [0.15, 0.2) is 12.3 Å². The zero-order chi connectivity index (χ0) is 8.39. The van der Waals surface area contributed by atoms with E-state index in [1.54, 1.807) is 0 Å². The Labute approximate surface area is 84.9 Å². The van der Waals surface area contributed by atoms with E-state index in [0.29, 0.717) is 6.04 Å². The van der Waals surface area contributed by atoms with Crippen LogP contribution in [-0.4, -0.2) is 16.3 Å². The van der Waals surface area contributed by atoms with Gasteiger partial charge in [0.25, 0.3) is 0 Å². The molecule has 1 aromatic heterocycles. The van der Waals surface area contributed by atoms with E-state index in [4.69, 9.17) is 0 Å². The molecule has 1 N–H and O–H groups in total. The second-order valence-electron chi connectivity index (χ2n) is 3.22. The highest BCUT2D eigenvalue weighted by Crippen LogP contribution is 2.22. The number of hydrogen-bond donors (Lipinski definition) is 1. The Kier molecular flexibility index (Phi) is 3.75. The molecule has 4 heteroatoms. The molecular weight excluding hydrogens is 186 g/mol. The molecule has 0 radical (unpaired) electrons. The molecule has 1 aliphatic rings. The Morgan fingerprint density at radius 3 is 3.15 bits per heavy atom. The summed E-state index contributed by atoms with van der Waals surface area (Å²) in [4.78, 5) is 0. The van der Waals surface area contributed by atoms with Gasteiger partial charge in [0, 0.05) is 18.8 Å². The van der Waals surface area contributed by atoms with E-state index in [1.165, 1.54) is 18.5 Å². The van der Waals surface area contributed by atoms with Crippen LogP contribution >= 0.6 is 12.4 Å². The summed E-state index contributed by atoms with van der Waals surface area (Å²) in [7, 11) is 0. The molecule has 1 saturated heterocycles. The van der Waals surface area contributed by atoms with Crippen molar-refractivity contribution in [3.05, 3.63) is 18.0 Å². The normalized spacial score (nSPS) is 21.5. The summed E-state index contributed by atoms with van der Waals surface area (Å²) in [5.41, 5.74) is 1.34. The van der Waals surface area contributed by atoms with Crippen LogP contribution in [0.25, 0.3) is 0 Å². The smallest absolute Gasteiger partial charge is 0.0553 e. The van der Waals surface area contributed by atoms with Crippen LogP contribution in [0.4, 0.5) is 0 Å². The fraction of sp³-hybridized carbons (Fsp3) is 0.667. The van der Waals surface area contributed by atoms with E-state index in [0.717, 1.165) is 13.1 Å². The molecule has 3 nitrogen and oxygen atoms in total. The highest BCUT2D eigenvalue weighted by molar-refractivity contribution is 5.85. The summed E-state index contributed by atoms with van der Waals surface area (Å²) in [6.07, 6.45) is 4.43. The van der Waals surface area contributed by atoms with E-state index in [-0.39, 0.29) is 12.4 Å². The van der Waals surface area contributed by atoms with E-state index in [1.807, 2.05) is 6.20 Å². The molecule has 0 saturated carbocycles. The first-order valence-corrected chi connectivity index (χ1v) is 4.67. The van der Waals surface area contributed by atoms with Gasteiger partial charge in [-0.3, -0.25) is 4.68 Å². The molecule has 1 aliphatic heterocycles. The van der Waals surface area contributed by atoms with Crippen LogP contribution in [0, 0.1) is 0 Å². The fourth-order valence-corrected chi connectivity index (χ4v) is 1.84. The van der Waals surface area contributed by atoms with Gasteiger partial charge in [0.05, 0.1) is 5.69 Å². The van der Waals surface area contributed by atoms with Gasteiger partial charge in [0.1, 0.15) is 0 Å². The van der Waals surface area contributed by atoms with Crippen molar-refractivity contribution in [2.75, 3.05) is 6.54 Å². The van der Waals surface area contributed by atoms with Crippen LogP contribution in [0.1, 0.15) is 31.5 Å². The standard InChI is InChI=1S/C9H15N3.ClH/c1-2-12-9(5-7-11-12)8-4-3-6-10-8;/h5,7-8,10H,2-4,6H2,1H3;1H. The zero-order valence-corrected chi connectivity index (χ0v) is 8.68. The first-order valence-electron chi connectivity index (χ1n) is 4.67. The van der Waals surface area contributed by atoms with Crippen molar-refractivity contribution in [2.24, 2.45) is 0 Å². The second kappa shape index (κ2) is 4.63. The average molecular weight is 202 g/mol.